The Hall–Kier alpha value is -4.18. The van der Waals surface area contributed by atoms with Crippen LogP contribution in [-0.4, -0.2) is 19.7 Å². The van der Waals surface area contributed by atoms with Gasteiger partial charge in [-0.05, 0) is 43.3 Å². The van der Waals surface area contributed by atoms with Gasteiger partial charge in [0, 0.05) is 24.1 Å². The van der Waals surface area contributed by atoms with E-state index in [-0.39, 0.29) is 7.43 Å². The number of fused-ring (bicyclic) bond motifs is 1. The summed E-state index contributed by atoms with van der Waals surface area (Å²) in [4.78, 5) is 8.51. The van der Waals surface area contributed by atoms with Crippen molar-refractivity contribution in [2.45, 2.75) is 27.3 Å². The van der Waals surface area contributed by atoms with Crippen LogP contribution in [0.3, 0.4) is 0 Å². The molecule has 2 N–H and O–H groups in total. The van der Waals surface area contributed by atoms with Gasteiger partial charge in [0.2, 0.25) is 0 Å². The van der Waals surface area contributed by atoms with E-state index in [4.69, 9.17) is 15.6 Å². The molecule has 156 valence electrons. The third-order valence-electron chi connectivity index (χ3n) is 4.75. The van der Waals surface area contributed by atoms with Gasteiger partial charge in [-0.25, -0.2) is 14.6 Å². The summed E-state index contributed by atoms with van der Waals surface area (Å²) >= 11 is 0. The van der Waals surface area contributed by atoms with Crippen LogP contribution in [0.2, 0.25) is 0 Å². The van der Waals surface area contributed by atoms with Gasteiger partial charge in [0.15, 0.2) is 5.65 Å². The molecule has 0 aliphatic carbocycles. The van der Waals surface area contributed by atoms with E-state index in [9.17, 15) is 5.26 Å². The number of ether oxygens (including phenoxy) is 1. The van der Waals surface area contributed by atoms with E-state index < -0.39 is 0 Å². The number of anilines is 1. The number of benzene rings is 2. The van der Waals surface area contributed by atoms with Gasteiger partial charge in [0.25, 0.3) is 0 Å². The lowest BCUT2D eigenvalue weighted by Gasteiger charge is -2.06. The van der Waals surface area contributed by atoms with E-state index in [0.29, 0.717) is 41.1 Å². The zero-order valence-corrected chi connectivity index (χ0v) is 16.5. The first-order chi connectivity index (χ1) is 14.7. The van der Waals surface area contributed by atoms with E-state index in [2.05, 4.69) is 16.0 Å². The van der Waals surface area contributed by atoms with Crippen molar-refractivity contribution in [3.8, 4) is 28.8 Å². The molecule has 0 radical (unpaired) electrons. The van der Waals surface area contributed by atoms with E-state index in [1.165, 1.54) is 6.33 Å². The van der Waals surface area contributed by atoms with Crippen molar-refractivity contribution in [3.63, 3.8) is 0 Å². The third kappa shape index (κ3) is 4.54. The maximum Gasteiger partial charge on any atom is 0.163 e. The number of aryl methyl sites for hydroxylation is 1. The SMILES string of the molecule is C.CC=C(C#N)CCn1nc(-c2ccc(Oc3ccccc3)cc2)c2c(N)ncnc21. The predicted octanol–water partition coefficient (Wildman–Crippen LogP) is 5.36. The Bertz CT molecular complexity index is 1240. The van der Waals surface area contributed by atoms with Crippen molar-refractivity contribution in [1.82, 2.24) is 19.7 Å². The number of nitriles is 1. The van der Waals surface area contributed by atoms with E-state index in [0.717, 1.165) is 17.1 Å². The lowest BCUT2D eigenvalue weighted by Crippen LogP contribution is -2.03. The Balaban J connectivity index is 0.00000272. The molecule has 2 heterocycles. The van der Waals surface area contributed by atoms with Crippen LogP contribution in [0.1, 0.15) is 20.8 Å². The highest BCUT2D eigenvalue weighted by molar-refractivity contribution is 5.98. The van der Waals surface area contributed by atoms with Gasteiger partial charge in [-0.2, -0.15) is 10.4 Å². The minimum absolute atomic E-state index is 0. The van der Waals surface area contributed by atoms with Crippen LogP contribution in [0.5, 0.6) is 11.5 Å². The van der Waals surface area contributed by atoms with Crippen LogP contribution in [0.15, 0.2) is 72.6 Å². The molecule has 0 atom stereocenters. The Labute approximate surface area is 181 Å². The lowest BCUT2D eigenvalue weighted by atomic mass is 10.1. The van der Waals surface area contributed by atoms with Gasteiger partial charge in [-0.1, -0.05) is 31.7 Å². The van der Waals surface area contributed by atoms with E-state index in [1.807, 2.05) is 61.5 Å². The number of hydrogen-bond donors (Lipinski definition) is 1. The quantitative estimate of drug-likeness (QED) is 0.427. The summed E-state index contributed by atoms with van der Waals surface area (Å²) in [5.41, 5.74) is 9.09. The monoisotopic (exact) mass is 412 g/mol. The maximum absolute atomic E-state index is 9.17. The van der Waals surface area contributed by atoms with Crippen LogP contribution >= 0.6 is 0 Å². The topological polar surface area (TPSA) is 103 Å². The summed E-state index contributed by atoms with van der Waals surface area (Å²) in [6.45, 7) is 2.37. The fourth-order valence-electron chi connectivity index (χ4n) is 3.18. The molecular weight excluding hydrogens is 388 g/mol. The van der Waals surface area contributed by atoms with Gasteiger partial charge < -0.3 is 10.5 Å². The number of nitrogens with zero attached hydrogens (tertiary/aromatic N) is 5. The number of nitrogen functional groups attached to an aromatic ring is 1. The minimum Gasteiger partial charge on any atom is -0.457 e. The molecule has 0 aliphatic rings. The predicted molar refractivity (Wildman–Crippen MR) is 122 cm³/mol. The Morgan fingerprint density at radius 3 is 2.48 bits per heavy atom. The number of allylic oxidation sites excluding steroid dienone is 2. The molecule has 7 nitrogen and oxygen atoms in total. The molecular formula is C24H24N6O. The summed E-state index contributed by atoms with van der Waals surface area (Å²) in [6.07, 6.45) is 3.80. The average Bonchev–Trinajstić information content (AvgIpc) is 3.16. The second kappa shape index (κ2) is 9.55. The molecule has 2 aromatic heterocycles. The highest BCUT2D eigenvalue weighted by Crippen LogP contribution is 2.32. The fourth-order valence-corrected chi connectivity index (χ4v) is 3.18. The first-order valence-corrected chi connectivity index (χ1v) is 9.55. The summed E-state index contributed by atoms with van der Waals surface area (Å²) in [6, 6.07) is 19.4. The summed E-state index contributed by atoms with van der Waals surface area (Å²) in [7, 11) is 0. The van der Waals surface area contributed by atoms with Gasteiger partial charge in [-0.3, -0.25) is 0 Å². The highest BCUT2D eigenvalue weighted by atomic mass is 16.5. The summed E-state index contributed by atoms with van der Waals surface area (Å²) < 4.78 is 7.64. The van der Waals surface area contributed by atoms with Crippen molar-refractivity contribution in [2.24, 2.45) is 0 Å². The fraction of sp³-hybridized carbons (Fsp3) is 0.167. The molecule has 4 rings (SSSR count). The molecule has 7 heteroatoms. The normalized spacial score (nSPS) is 11.0. The first-order valence-electron chi connectivity index (χ1n) is 9.55. The summed E-state index contributed by atoms with van der Waals surface area (Å²) in [5, 5.41) is 14.6. The molecule has 0 fully saturated rings. The van der Waals surface area contributed by atoms with Gasteiger partial charge >= 0.3 is 0 Å². The average molecular weight is 412 g/mol. The van der Waals surface area contributed by atoms with E-state index in [1.54, 1.807) is 10.8 Å². The number of nitrogens with two attached hydrogens (primary N) is 1. The van der Waals surface area contributed by atoms with Gasteiger partial charge in [-0.15, -0.1) is 0 Å². The Morgan fingerprint density at radius 1 is 1.10 bits per heavy atom. The van der Waals surface area contributed by atoms with Crippen molar-refractivity contribution in [1.29, 1.82) is 5.26 Å². The molecule has 0 aliphatic heterocycles. The second-order valence-electron chi connectivity index (χ2n) is 6.64. The van der Waals surface area contributed by atoms with Crippen LogP contribution in [0.25, 0.3) is 22.3 Å². The molecule has 0 bridgehead atoms. The van der Waals surface area contributed by atoms with Gasteiger partial charge in [0.1, 0.15) is 29.3 Å². The third-order valence-corrected chi connectivity index (χ3v) is 4.75. The largest absolute Gasteiger partial charge is 0.457 e. The molecule has 0 saturated heterocycles. The zero-order chi connectivity index (χ0) is 20.9. The van der Waals surface area contributed by atoms with Crippen LogP contribution in [-0.2, 0) is 6.54 Å². The van der Waals surface area contributed by atoms with Crippen molar-refractivity contribution >= 4 is 16.9 Å². The lowest BCUT2D eigenvalue weighted by molar-refractivity contribution is 0.483. The van der Waals surface area contributed by atoms with Crippen molar-refractivity contribution in [2.75, 3.05) is 5.73 Å². The standard InChI is InChI=1S/C23H20N6O.CH4/c1-2-16(14-24)12-13-29-23-20(22(25)26-15-27-23)21(28-29)17-8-10-19(11-9-17)30-18-6-4-3-5-7-18;/h2-11,15H,12-13H2,1H3,(H2,25,26,27);1H4. The number of hydrogen-bond acceptors (Lipinski definition) is 6. The maximum atomic E-state index is 9.17. The zero-order valence-electron chi connectivity index (χ0n) is 16.5. The van der Waals surface area contributed by atoms with Crippen LogP contribution < -0.4 is 10.5 Å². The van der Waals surface area contributed by atoms with E-state index >= 15 is 0 Å². The highest BCUT2D eigenvalue weighted by Gasteiger charge is 2.17. The second-order valence-corrected chi connectivity index (χ2v) is 6.64. The Kier molecular flexibility index (Phi) is 6.63. The summed E-state index contributed by atoms with van der Waals surface area (Å²) in [5.74, 6) is 1.87. The minimum atomic E-state index is 0. The number of para-hydroxylation sites is 1. The van der Waals surface area contributed by atoms with Crippen molar-refractivity contribution < 1.29 is 4.74 Å². The Morgan fingerprint density at radius 2 is 1.81 bits per heavy atom. The molecule has 2 aromatic carbocycles. The first kappa shape index (κ1) is 21.5. The smallest absolute Gasteiger partial charge is 0.163 e. The van der Waals surface area contributed by atoms with Crippen molar-refractivity contribution in [3.05, 3.63) is 72.6 Å². The molecule has 0 unspecified atom stereocenters. The number of aromatic nitrogens is 4. The molecule has 0 amide bonds. The molecule has 31 heavy (non-hydrogen) atoms. The molecule has 0 spiro atoms. The number of rotatable bonds is 6. The molecule has 0 saturated carbocycles. The molecule has 4 aromatic rings. The van der Waals surface area contributed by atoms with Gasteiger partial charge in [0.05, 0.1) is 11.5 Å². The van der Waals surface area contributed by atoms with Crippen LogP contribution in [0, 0.1) is 11.3 Å². The van der Waals surface area contributed by atoms with Crippen LogP contribution in [0.4, 0.5) is 5.82 Å².